The van der Waals surface area contributed by atoms with Gasteiger partial charge in [0.15, 0.2) is 0 Å². The maximum Gasteiger partial charge on any atom is 0.246 e. The van der Waals surface area contributed by atoms with Crippen LogP contribution in [0.5, 0.6) is 5.75 Å². The average Bonchev–Trinajstić information content (AvgIpc) is 3.81. The molecule has 0 unspecified atom stereocenters. The summed E-state index contributed by atoms with van der Waals surface area (Å²) in [5.74, 6) is -3.63. The van der Waals surface area contributed by atoms with Gasteiger partial charge in [0.05, 0.1) is 19.4 Å². The molecule has 1 aromatic carbocycles. The summed E-state index contributed by atoms with van der Waals surface area (Å²) in [7, 11) is 0. The predicted molar refractivity (Wildman–Crippen MR) is 196 cm³/mol. The molecule has 0 spiro atoms. The minimum Gasteiger partial charge on any atom is -0.508 e. The Balaban J connectivity index is 1.63. The third kappa shape index (κ3) is 12.0. The topological polar surface area (TPSA) is 240 Å². The number of ether oxygens (including phenoxy) is 1. The molecule has 0 radical (unpaired) electrons. The number of phenols is 1. The van der Waals surface area contributed by atoms with Crippen LogP contribution in [0.15, 0.2) is 30.5 Å². The lowest BCUT2D eigenvalue weighted by Gasteiger charge is -2.31. The van der Waals surface area contributed by atoms with E-state index in [1.807, 2.05) is 20.8 Å². The molecule has 296 valence electrons. The van der Waals surface area contributed by atoms with Crippen molar-refractivity contribution in [3.05, 3.63) is 41.7 Å². The number of aromatic nitrogens is 3. The van der Waals surface area contributed by atoms with E-state index in [0.29, 0.717) is 49.9 Å². The number of nitrogens with one attached hydrogen (secondary N) is 4. The van der Waals surface area contributed by atoms with Crippen molar-refractivity contribution in [1.82, 2.24) is 41.2 Å². The zero-order chi connectivity index (χ0) is 39.4. The Morgan fingerprint density at radius 1 is 1.02 bits per heavy atom. The molecule has 2 aliphatic rings. The number of nitrogens with zero attached hydrogens (tertiary/aromatic N) is 4. The van der Waals surface area contributed by atoms with Gasteiger partial charge in [-0.05, 0) is 61.6 Å². The molecular formula is C37H55N9O8. The van der Waals surface area contributed by atoms with Crippen LogP contribution in [0.2, 0.25) is 0 Å². The van der Waals surface area contributed by atoms with Gasteiger partial charge in [-0.1, -0.05) is 51.5 Å². The lowest BCUT2D eigenvalue weighted by atomic mass is 9.97. The van der Waals surface area contributed by atoms with E-state index in [2.05, 4.69) is 31.6 Å². The van der Waals surface area contributed by atoms with Crippen LogP contribution in [-0.4, -0.2) is 104 Å². The molecule has 1 aromatic heterocycles. The van der Waals surface area contributed by atoms with Crippen LogP contribution >= 0.6 is 0 Å². The fourth-order valence-electron chi connectivity index (χ4n) is 6.58. The highest BCUT2D eigenvalue weighted by molar-refractivity contribution is 5.96. The van der Waals surface area contributed by atoms with Crippen LogP contribution in [0, 0.1) is 11.8 Å². The van der Waals surface area contributed by atoms with Gasteiger partial charge in [0.1, 0.15) is 41.7 Å². The maximum atomic E-state index is 14.2. The Labute approximate surface area is 315 Å². The van der Waals surface area contributed by atoms with Crippen LogP contribution in [0.3, 0.4) is 0 Å². The molecule has 4 rings (SSSR count). The van der Waals surface area contributed by atoms with E-state index < -0.39 is 59.7 Å². The highest BCUT2D eigenvalue weighted by Gasteiger charge is 2.40. The molecular weight excluding hydrogens is 698 g/mol. The van der Waals surface area contributed by atoms with E-state index in [4.69, 9.17) is 10.5 Å². The summed E-state index contributed by atoms with van der Waals surface area (Å²) >= 11 is 0. The normalized spacial score (nSPS) is 23.5. The Kier molecular flexibility index (Phi) is 15.3. The van der Waals surface area contributed by atoms with E-state index in [-0.39, 0.29) is 62.5 Å². The zero-order valence-corrected chi connectivity index (χ0v) is 31.6. The number of primary amides is 1. The van der Waals surface area contributed by atoms with E-state index in [0.717, 1.165) is 0 Å². The number of hydrogen-bond acceptors (Lipinski definition) is 10. The first-order chi connectivity index (χ1) is 25.7. The number of nitrogens with two attached hydrogens (primary N) is 1. The number of carbonyl (C=O) groups is 6. The number of benzene rings is 1. The number of hydrogen-bond donors (Lipinski definition) is 6. The highest BCUT2D eigenvalue weighted by Crippen LogP contribution is 2.22. The van der Waals surface area contributed by atoms with Crippen molar-refractivity contribution < 1.29 is 38.6 Å². The van der Waals surface area contributed by atoms with Gasteiger partial charge in [-0.2, -0.15) is 0 Å². The first-order valence-electron chi connectivity index (χ1n) is 18.8. The number of fused-ring (bicyclic) bond motifs is 3. The molecule has 2 aromatic rings. The highest BCUT2D eigenvalue weighted by atomic mass is 16.5. The second-order valence-corrected chi connectivity index (χ2v) is 14.7. The van der Waals surface area contributed by atoms with E-state index in [1.54, 1.807) is 29.9 Å². The second kappa shape index (κ2) is 19.9. The maximum absolute atomic E-state index is 14.2. The third-order valence-electron chi connectivity index (χ3n) is 9.80. The number of aromatic hydroxyl groups is 1. The summed E-state index contributed by atoms with van der Waals surface area (Å²) in [6.45, 7) is 7.82. The van der Waals surface area contributed by atoms with Gasteiger partial charge in [0.2, 0.25) is 35.4 Å². The van der Waals surface area contributed by atoms with Gasteiger partial charge in [-0.25, -0.2) is 0 Å². The number of aryl methyl sites for hydroxylation is 1. The third-order valence-corrected chi connectivity index (χ3v) is 9.80. The molecule has 54 heavy (non-hydrogen) atoms. The van der Waals surface area contributed by atoms with E-state index in [1.165, 1.54) is 17.0 Å². The molecule has 2 bridgehead atoms. The Morgan fingerprint density at radius 2 is 1.76 bits per heavy atom. The van der Waals surface area contributed by atoms with Gasteiger partial charge >= 0.3 is 0 Å². The Bertz CT molecular complexity index is 1610. The van der Waals surface area contributed by atoms with Crippen molar-refractivity contribution in [3.8, 4) is 5.75 Å². The molecule has 3 heterocycles. The molecule has 17 nitrogen and oxygen atoms in total. The van der Waals surface area contributed by atoms with Gasteiger partial charge < -0.3 is 41.7 Å². The second-order valence-electron chi connectivity index (χ2n) is 14.7. The molecule has 0 saturated carbocycles. The summed E-state index contributed by atoms with van der Waals surface area (Å²) in [6, 6.07) is 1.10. The van der Waals surface area contributed by atoms with Crippen molar-refractivity contribution in [1.29, 1.82) is 0 Å². The Hall–Kier alpha value is -5.06. The SMILES string of the molecule is CC[C@H](C)[C@@H]1NC(=O)[C@@H]2CCCN2C(=O)[C@H](Cc2ccc(O)cc2)NC(=O)CCCCn2cc(nn2)COC[C@@H](C(=O)N[C@@H](CC(C)C)C(N)=O)NC1=O. The zero-order valence-electron chi connectivity index (χ0n) is 31.6. The van der Waals surface area contributed by atoms with Crippen LogP contribution in [0.1, 0.15) is 83.9 Å². The van der Waals surface area contributed by atoms with Gasteiger partial charge in [0.25, 0.3) is 0 Å². The number of rotatable bonds is 9. The molecule has 7 N–H and O–H groups in total. The molecule has 2 aliphatic heterocycles. The summed E-state index contributed by atoms with van der Waals surface area (Å²) in [4.78, 5) is 82.5. The molecule has 1 fully saturated rings. The first kappa shape index (κ1) is 41.7. The number of phenolic OH excluding ortho intramolecular Hbond substituents is 1. The summed E-state index contributed by atoms with van der Waals surface area (Å²) in [5, 5.41) is 29.1. The van der Waals surface area contributed by atoms with E-state index >= 15 is 0 Å². The van der Waals surface area contributed by atoms with Crippen LogP contribution in [-0.2, 0) is 53.1 Å². The smallest absolute Gasteiger partial charge is 0.246 e. The van der Waals surface area contributed by atoms with Crippen LogP contribution in [0.25, 0.3) is 0 Å². The quantitative estimate of drug-likeness (QED) is 0.207. The average molecular weight is 754 g/mol. The largest absolute Gasteiger partial charge is 0.508 e. The summed E-state index contributed by atoms with van der Waals surface area (Å²) in [5.41, 5.74) is 6.76. The predicted octanol–water partition coefficient (Wildman–Crippen LogP) is 0.435. The fraction of sp³-hybridized carbons (Fsp3) is 0.622. The fourth-order valence-corrected chi connectivity index (χ4v) is 6.58. The molecule has 6 amide bonds. The van der Waals surface area contributed by atoms with Crippen molar-refractivity contribution in [2.45, 2.75) is 122 Å². The lowest BCUT2D eigenvalue weighted by Crippen LogP contribution is -2.60. The van der Waals surface area contributed by atoms with Gasteiger partial charge in [-0.3, -0.25) is 33.4 Å². The van der Waals surface area contributed by atoms with Gasteiger partial charge in [0, 0.05) is 25.9 Å². The van der Waals surface area contributed by atoms with E-state index in [9.17, 15) is 33.9 Å². The van der Waals surface area contributed by atoms with Crippen LogP contribution in [0.4, 0.5) is 0 Å². The van der Waals surface area contributed by atoms with Crippen LogP contribution < -0.4 is 27.0 Å². The minimum atomic E-state index is -1.27. The number of carbonyl (C=O) groups excluding carboxylic acids is 6. The lowest BCUT2D eigenvalue weighted by molar-refractivity contribution is -0.142. The number of amides is 6. The molecule has 0 aliphatic carbocycles. The molecule has 17 heteroatoms. The standard InChI is InChI=1S/C37H55N9O8/c1-5-23(4)32-36(52)41-29(34(50)40-27(33(38)49)17-22(2)3)21-54-20-25-19-45(44-43-25)15-7-6-10-31(48)39-28(18-24-11-13-26(47)14-12-24)37(53)46-16-8-9-30(46)35(51)42-32/h11-14,19,22-23,27-30,32,47H,5-10,15-18,20-21H2,1-4H3,(H2,38,49)(H,39,48)(H,40,50)(H,41,52)(H,42,51)/t23-,27-,28-,29-,30-,32-/m0/s1. The first-order valence-corrected chi connectivity index (χ1v) is 18.8. The van der Waals surface area contributed by atoms with Crippen molar-refractivity contribution in [2.24, 2.45) is 17.6 Å². The Morgan fingerprint density at radius 3 is 2.44 bits per heavy atom. The minimum absolute atomic E-state index is 0.0349. The summed E-state index contributed by atoms with van der Waals surface area (Å²) in [6.07, 6.45) is 4.71. The van der Waals surface area contributed by atoms with Crippen molar-refractivity contribution in [2.75, 3.05) is 13.2 Å². The van der Waals surface area contributed by atoms with Gasteiger partial charge in [-0.15, -0.1) is 5.10 Å². The molecule has 1 saturated heterocycles. The monoisotopic (exact) mass is 753 g/mol. The molecule has 6 atom stereocenters. The van der Waals surface area contributed by atoms with Crippen molar-refractivity contribution >= 4 is 35.4 Å². The van der Waals surface area contributed by atoms with Crippen molar-refractivity contribution in [3.63, 3.8) is 0 Å². The summed E-state index contributed by atoms with van der Waals surface area (Å²) < 4.78 is 7.44.